The van der Waals surface area contributed by atoms with Gasteiger partial charge in [0.1, 0.15) is 17.5 Å². The Kier molecular flexibility index (Phi) is 5.92. The number of allylic oxidation sites excluding steroid dienone is 2. The molecule has 1 aromatic rings. The lowest BCUT2D eigenvalue weighted by atomic mass is 9.97. The summed E-state index contributed by atoms with van der Waals surface area (Å²) in [5.74, 6) is -0.799. The number of rotatable bonds is 4. The van der Waals surface area contributed by atoms with Crippen LogP contribution >= 0.6 is 0 Å². The molecule has 3 rings (SSSR count). The summed E-state index contributed by atoms with van der Waals surface area (Å²) in [6.07, 6.45) is 6.85. The van der Waals surface area contributed by atoms with Crippen LogP contribution in [0.3, 0.4) is 0 Å². The molecule has 28 heavy (non-hydrogen) atoms. The SMILES string of the molecule is CNC1=C(C(N)=NC2C=CC(c3cc(F)cc(F)c3)=CC2)CN(C(C)=O)CC1. The number of benzene rings is 1. The summed E-state index contributed by atoms with van der Waals surface area (Å²) < 4.78 is 26.9. The molecule has 0 saturated carbocycles. The predicted octanol–water partition coefficient (Wildman–Crippen LogP) is 2.76. The van der Waals surface area contributed by atoms with Crippen LogP contribution in [0.15, 0.2) is 52.7 Å². The lowest BCUT2D eigenvalue weighted by molar-refractivity contribution is -0.128. The van der Waals surface area contributed by atoms with Crippen LogP contribution in [-0.2, 0) is 4.79 Å². The van der Waals surface area contributed by atoms with Gasteiger partial charge in [-0.1, -0.05) is 18.2 Å². The standard InChI is InChI=1S/C21H24F2N4O/c1-13(28)27-8-7-20(25-2)19(12-27)21(24)26-18-5-3-14(4-6-18)15-9-16(22)11-17(23)10-15/h3-5,9-11,18,25H,6-8,12H2,1-2H3,(H2,24,26). The number of aliphatic imine (C=N–C) groups is 1. The first-order chi connectivity index (χ1) is 13.4. The number of amidine groups is 1. The van der Waals surface area contributed by atoms with Gasteiger partial charge in [-0.2, -0.15) is 0 Å². The van der Waals surface area contributed by atoms with Crippen molar-refractivity contribution >= 4 is 17.3 Å². The number of nitrogens with one attached hydrogen (secondary N) is 1. The number of amides is 1. The van der Waals surface area contributed by atoms with Gasteiger partial charge < -0.3 is 16.0 Å². The summed E-state index contributed by atoms with van der Waals surface area (Å²) in [4.78, 5) is 18.0. The van der Waals surface area contributed by atoms with Crippen molar-refractivity contribution in [1.29, 1.82) is 0 Å². The van der Waals surface area contributed by atoms with E-state index in [1.807, 2.05) is 19.2 Å². The quantitative estimate of drug-likeness (QED) is 0.618. The molecule has 1 aromatic carbocycles. The number of hydrogen-bond acceptors (Lipinski definition) is 3. The number of nitrogens with two attached hydrogens (primary N) is 1. The summed E-state index contributed by atoms with van der Waals surface area (Å²) in [6.45, 7) is 2.63. The Labute approximate surface area is 163 Å². The molecule has 1 atom stereocenters. The van der Waals surface area contributed by atoms with Gasteiger partial charge in [-0.15, -0.1) is 0 Å². The molecule has 5 nitrogen and oxygen atoms in total. The Morgan fingerprint density at radius 1 is 1.29 bits per heavy atom. The summed E-state index contributed by atoms with van der Waals surface area (Å²) in [6, 6.07) is 3.30. The molecule has 1 amide bonds. The third-order valence-corrected chi connectivity index (χ3v) is 4.98. The number of nitrogens with zero attached hydrogens (tertiary/aromatic N) is 2. The zero-order valence-corrected chi connectivity index (χ0v) is 16.0. The monoisotopic (exact) mass is 386 g/mol. The lowest BCUT2D eigenvalue weighted by Crippen LogP contribution is -2.41. The summed E-state index contributed by atoms with van der Waals surface area (Å²) in [5.41, 5.74) is 9.32. The lowest BCUT2D eigenvalue weighted by Gasteiger charge is -2.30. The van der Waals surface area contributed by atoms with Crippen molar-refractivity contribution < 1.29 is 13.6 Å². The van der Waals surface area contributed by atoms with Gasteiger partial charge in [0, 0.05) is 44.3 Å². The first-order valence-electron chi connectivity index (χ1n) is 9.21. The molecule has 1 aliphatic carbocycles. The van der Waals surface area contributed by atoms with Crippen LogP contribution in [0.5, 0.6) is 0 Å². The van der Waals surface area contributed by atoms with Crippen molar-refractivity contribution in [3.63, 3.8) is 0 Å². The Bertz CT molecular complexity index is 881. The van der Waals surface area contributed by atoms with E-state index in [1.165, 1.54) is 12.1 Å². The normalized spacial score (nSPS) is 20.3. The maximum atomic E-state index is 13.4. The minimum absolute atomic E-state index is 0.00733. The fourth-order valence-corrected chi connectivity index (χ4v) is 3.44. The van der Waals surface area contributed by atoms with Crippen molar-refractivity contribution in [3.8, 4) is 0 Å². The van der Waals surface area contributed by atoms with Crippen molar-refractivity contribution in [2.45, 2.75) is 25.8 Å². The first-order valence-corrected chi connectivity index (χ1v) is 9.21. The maximum absolute atomic E-state index is 13.4. The summed E-state index contributed by atoms with van der Waals surface area (Å²) in [7, 11) is 1.83. The average molecular weight is 386 g/mol. The van der Waals surface area contributed by atoms with Crippen LogP contribution in [0.4, 0.5) is 8.78 Å². The van der Waals surface area contributed by atoms with Crippen LogP contribution in [0.25, 0.3) is 5.57 Å². The zero-order valence-electron chi connectivity index (χ0n) is 16.0. The molecule has 0 fully saturated rings. The van der Waals surface area contributed by atoms with Crippen LogP contribution in [-0.4, -0.2) is 42.8 Å². The number of hydrogen-bond donors (Lipinski definition) is 2. The summed E-state index contributed by atoms with van der Waals surface area (Å²) >= 11 is 0. The van der Waals surface area contributed by atoms with E-state index in [0.717, 1.165) is 22.9 Å². The van der Waals surface area contributed by atoms with Crippen molar-refractivity contribution in [1.82, 2.24) is 10.2 Å². The van der Waals surface area contributed by atoms with E-state index in [4.69, 9.17) is 5.73 Å². The van der Waals surface area contributed by atoms with Gasteiger partial charge in [-0.3, -0.25) is 9.79 Å². The molecule has 0 saturated heterocycles. The van der Waals surface area contributed by atoms with Gasteiger partial charge in [0.15, 0.2) is 0 Å². The van der Waals surface area contributed by atoms with E-state index in [1.54, 1.807) is 17.9 Å². The molecule has 1 heterocycles. The fraction of sp³-hybridized carbons (Fsp3) is 0.333. The van der Waals surface area contributed by atoms with Crippen molar-refractivity contribution in [3.05, 3.63) is 64.9 Å². The highest BCUT2D eigenvalue weighted by molar-refractivity contribution is 5.99. The average Bonchev–Trinajstić information content (AvgIpc) is 2.67. The number of carbonyl (C=O) groups is 1. The van der Waals surface area contributed by atoms with E-state index in [2.05, 4.69) is 10.3 Å². The van der Waals surface area contributed by atoms with Crippen LogP contribution in [0, 0.1) is 11.6 Å². The molecular formula is C21H24F2N4O. The molecular weight excluding hydrogens is 362 g/mol. The largest absolute Gasteiger partial charge is 0.391 e. The second kappa shape index (κ2) is 8.37. The maximum Gasteiger partial charge on any atom is 0.219 e. The van der Waals surface area contributed by atoms with Crippen LogP contribution in [0.1, 0.15) is 25.3 Å². The van der Waals surface area contributed by atoms with Gasteiger partial charge in [-0.25, -0.2) is 8.78 Å². The second-order valence-corrected chi connectivity index (χ2v) is 6.89. The predicted molar refractivity (Wildman–Crippen MR) is 106 cm³/mol. The zero-order chi connectivity index (χ0) is 20.3. The molecule has 148 valence electrons. The Balaban J connectivity index is 1.76. The smallest absolute Gasteiger partial charge is 0.219 e. The molecule has 0 radical (unpaired) electrons. The fourth-order valence-electron chi connectivity index (χ4n) is 3.44. The molecule has 7 heteroatoms. The summed E-state index contributed by atoms with van der Waals surface area (Å²) in [5, 5.41) is 3.15. The van der Waals surface area contributed by atoms with Crippen LogP contribution in [0.2, 0.25) is 0 Å². The third kappa shape index (κ3) is 4.47. The highest BCUT2D eigenvalue weighted by Gasteiger charge is 2.23. The van der Waals surface area contributed by atoms with Gasteiger partial charge >= 0.3 is 0 Å². The molecule has 0 spiro atoms. The van der Waals surface area contributed by atoms with Gasteiger partial charge in [0.2, 0.25) is 5.91 Å². The van der Waals surface area contributed by atoms with Gasteiger partial charge in [-0.05, 0) is 29.7 Å². The minimum Gasteiger partial charge on any atom is -0.391 e. The van der Waals surface area contributed by atoms with Crippen LogP contribution < -0.4 is 11.1 Å². The first kappa shape index (κ1) is 19.8. The van der Waals surface area contributed by atoms with E-state index in [9.17, 15) is 13.6 Å². The third-order valence-electron chi connectivity index (χ3n) is 4.98. The van der Waals surface area contributed by atoms with E-state index >= 15 is 0 Å². The molecule has 2 aliphatic rings. The van der Waals surface area contributed by atoms with E-state index in [-0.39, 0.29) is 11.9 Å². The number of halogens is 2. The highest BCUT2D eigenvalue weighted by atomic mass is 19.1. The van der Waals surface area contributed by atoms with Crippen molar-refractivity contribution in [2.75, 3.05) is 20.1 Å². The molecule has 1 unspecified atom stereocenters. The Morgan fingerprint density at radius 3 is 2.57 bits per heavy atom. The number of carbonyl (C=O) groups excluding carboxylic acids is 1. The molecule has 1 aliphatic heterocycles. The van der Waals surface area contributed by atoms with Gasteiger partial charge in [0.05, 0.1) is 12.6 Å². The van der Waals surface area contributed by atoms with E-state index in [0.29, 0.717) is 37.3 Å². The van der Waals surface area contributed by atoms with E-state index < -0.39 is 11.6 Å². The Morgan fingerprint density at radius 2 is 2.00 bits per heavy atom. The minimum atomic E-state index is -0.604. The highest BCUT2D eigenvalue weighted by Crippen LogP contribution is 2.25. The van der Waals surface area contributed by atoms with Gasteiger partial charge in [0.25, 0.3) is 0 Å². The molecule has 3 N–H and O–H groups in total. The Hall–Kier alpha value is -2.96. The second-order valence-electron chi connectivity index (χ2n) is 6.89. The van der Waals surface area contributed by atoms with Crippen molar-refractivity contribution in [2.24, 2.45) is 10.7 Å². The molecule has 0 aromatic heterocycles. The molecule has 0 bridgehead atoms. The topological polar surface area (TPSA) is 70.7 Å².